The normalized spacial score (nSPS) is 10.1. The molecule has 0 radical (unpaired) electrons. The van der Waals surface area contributed by atoms with E-state index in [0.29, 0.717) is 18.8 Å². The fourth-order valence-electron chi connectivity index (χ4n) is 1.76. The Kier molecular flexibility index (Phi) is 8.58. The standard InChI is InChI=1S/C16H21BrO5/c1-3-9-21-15(18)5-4-6-16(19)22-11-12-10-13(17)7-8-14(12)20-2/h7-8,10H,3-6,9,11H2,1-2H3. The summed E-state index contributed by atoms with van der Waals surface area (Å²) in [6.45, 7) is 2.49. The van der Waals surface area contributed by atoms with Gasteiger partial charge >= 0.3 is 11.9 Å². The van der Waals surface area contributed by atoms with Gasteiger partial charge in [0.2, 0.25) is 0 Å². The van der Waals surface area contributed by atoms with Gasteiger partial charge in [0.1, 0.15) is 12.4 Å². The van der Waals surface area contributed by atoms with E-state index in [9.17, 15) is 9.59 Å². The molecule has 0 saturated carbocycles. The summed E-state index contributed by atoms with van der Waals surface area (Å²) < 4.78 is 16.2. The summed E-state index contributed by atoms with van der Waals surface area (Å²) in [6, 6.07) is 5.50. The van der Waals surface area contributed by atoms with E-state index < -0.39 is 0 Å². The second kappa shape index (κ2) is 10.2. The second-order valence-corrected chi connectivity index (χ2v) is 5.61. The molecule has 0 unspecified atom stereocenters. The molecular formula is C16H21BrO5. The van der Waals surface area contributed by atoms with Crippen molar-refractivity contribution in [1.82, 2.24) is 0 Å². The molecule has 5 nitrogen and oxygen atoms in total. The van der Waals surface area contributed by atoms with Crippen LogP contribution in [0.3, 0.4) is 0 Å². The van der Waals surface area contributed by atoms with Crippen LogP contribution in [0.2, 0.25) is 0 Å². The van der Waals surface area contributed by atoms with Crippen molar-refractivity contribution in [3.05, 3.63) is 28.2 Å². The zero-order chi connectivity index (χ0) is 16.4. The number of benzene rings is 1. The first-order valence-corrected chi connectivity index (χ1v) is 7.99. The summed E-state index contributed by atoms with van der Waals surface area (Å²) in [5, 5.41) is 0. The summed E-state index contributed by atoms with van der Waals surface area (Å²) in [4.78, 5) is 23.0. The average Bonchev–Trinajstić information content (AvgIpc) is 2.51. The first kappa shape index (κ1) is 18.5. The van der Waals surface area contributed by atoms with Gasteiger partial charge in [0.05, 0.1) is 13.7 Å². The molecule has 0 aliphatic carbocycles. The SMILES string of the molecule is CCCOC(=O)CCCC(=O)OCc1cc(Br)ccc1OC. The Morgan fingerprint density at radius 3 is 2.45 bits per heavy atom. The summed E-state index contributed by atoms with van der Waals surface area (Å²) in [5.74, 6) is 0.0489. The number of methoxy groups -OCH3 is 1. The average molecular weight is 373 g/mol. The quantitative estimate of drug-likeness (QED) is 0.619. The molecule has 0 fully saturated rings. The zero-order valence-electron chi connectivity index (χ0n) is 12.9. The van der Waals surface area contributed by atoms with Crippen molar-refractivity contribution in [2.45, 2.75) is 39.2 Å². The first-order valence-electron chi connectivity index (χ1n) is 7.20. The van der Waals surface area contributed by atoms with Crippen LogP contribution in [0.4, 0.5) is 0 Å². The van der Waals surface area contributed by atoms with Gasteiger partial charge in [-0.05, 0) is 31.0 Å². The highest BCUT2D eigenvalue weighted by atomic mass is 79.9. The van der Waals surface area contributed by atoms with Crippen LogP contribution < -0.4 is 4.74 Å². The highest BCUT2D eigenvalue weighted by molar-refractivity contribution is 9.10. The molecule has 0 bridgehead atoms. The van der Waals surface area contributed by atoms with Crippen LogP contribution in [0.15, 0.2) is 22.7 Å². The molecule has 0 aliphatic heterocycles. The molecule has 0 spiro atoms. The number of hydrogen-bond acceptors (Lipinski definition) is 5. The van der Waals surface area contributed by atoms with Crippen LogP contribution in [0.5, 0.6) is 5.75 Å². The maximum atomic E-state index is 11.7. The van der Waals surface area contributed by atoms with E-state index in [4.69, 9.17) is 14.2 Å². The number of esters is 2. The molecule has 0 atom stereocenters. The molecule has 0 amide bonds. The first-order chi connectivity index (χ1) is 10.6. The summed E-state index contributed by atoms with van der Waals surface area (Å²) in [6.07, 6.45) is 1.64. The van der Waals surface area contributed by atoms with E-state index >= 15 is 0 Å². The molecular weight excluding hydrogens is 352 g/mol. The van der Waals surface area contributed by atoms with E-state index in [1.807, 2.05) is 19.1 Å². The minimum Gasteiger partial charge on any atom is -0.496 e. The fraction of sp³-hybridized carbons (Fsp3) is 0.500. The third kappa shape index (κ3) is 6.93. The van der Waals surface area contributed by atoms with E-state index in [2.05, 4.69) is 15.9 Å². The van der Waals surface area contributed by atoms with Gasteiger partial charge in [-0.15, -0.1) is 0 Å². The van der Waals surface area contributed by atoms with Crippen molar-refractivity contribution in [3.63, 3.8) is 0 Å². The molecule has 1 aromatic carbocycles. The Morgan fingerprint density at radius 2 is 1.82 bits per heavy atom. The van der Waals surface area contributed by atoms with Gasteiger partial charge < -0.3 is 14.2 Å². The second-order valence-electron chi connectivity index (χ2n) is 4.69. The van der Waals surface area contributed by atoms with Gasteiger partial charge in [-0.25, -0.2) is 0 Å². The highest BCUT2D eigenvalue weighted by Gasteiger charge is 2.09. The smallest absolute Gasteiger partial charge is 0.306 e. The van der Waals surface area contributed by atoms with Crippen LogP contribution in [-0.2, 0) is 25.7 Å². The number of halogens is 1. The summed E-state index contributed by atoms with van der Waals surface area (Å²) in [5.41, 5.74) is 0.785. The Hall–Kier alpha value is -1.56. The van der Waals surface area contributed by atoms with Crippen LogP contribution in [0.25, 0.3) is 0 Å². The van der Waals surface area contributed by atoms with E-state index in [-0.39, 0.29) is 31.4 Å². The monoisotopic (exact) mass is 372 g/mol. The molecule has 0 saturated heterocycles. The van der Waals surface area contributed by atoms with Gasteiger partial charge in [-0.3, -0.25) is 9.59 Å². The minimum atomic E-state index is -0.342. The maximum absolute atomic E-state index is 11.7. The van der Waals surface area contributed by atoms with Crippen molar-refractivity contribution in [2.24, 2.45) is 0 Å². The van der Waals surface area contributed by atoms with Crippen LogP contribution in [0.1, 0.15) is 38.2 Å². The third-order valence-corrected chi connectivity index (χ3v) is 3.35. The lowest BCUT2D eigenvalue weighted by molar-refractivity contribution is -0.146. The minimum absolute atomic E-state index is 0.141. The molecule has 22 heavy (non-hydrogen) atoms. The largest absolute Gasteiger partial charge is 0.496 e. The molecule has 0 N–H and O–H groups in total. The zero-order valence-corrected chi connectivity index (χ0v) is 14.5. The Bertz CT molecular complexity index is 501. The van der Waals surface area contributed by atoms with Gasteiger partial charge in [-0.1, -0.05) is 22.9 Å². The molecule has 0 aromatic heterocycles. The van der Waals surface area contributed by atoms with E-state index in [1.54, 1.807) is 13.2 Å². The van der Waals surface area contributed by atoms with Crippen molar-refractivity contribution < 1.29 is 23.8 Å². The number of hydrogen-bond donors (Lipinski definition) is 0. The van der Waals surface area contributed by atoms with Crippen LogP contribution in [0, 0.1) is 0 Å². The lowest BCUT2D eigenvalue weighted by Gasteiger charge is -2.10. The molecule has 1 aromatic rings. The van der Waals surface area contributed by atoms with Crippen LogP contribution >= 0.6 is 15.9 Å². The molecule has 0 aliphatic rings. The summed E-state index contributed by atoms with van der Waals surface area (Å²) in [7, 11) is 1.57. The number of carbonyl (C=O) groups excluding carboxylic acids is 2. The number of ether oxygens (including phenoxy) is 3. The Balaban J connectivity index is 2.31. The lowest BCUT2D eigenvalue weighted by Crippen LogP contribution is -2.08. The molecule has 6 heteroatoms. The Morgan fingerprint density at radius 1 is 1.14 bits per heavy atom. The highest BCUT2D eigenvalue weighted by Crippen LogP contribution is 2.23. The van der Waals surface area contributed by atoms with Crippen molar-refractivity contribution in [1.29, 1.82) is 0 Å². The third-order valence-electron chi connectivity index (χ3n) is 2.86. The van der Waals surface area contributed by atoms with Gasteiger partial charge in [0.15, 0.2) is 0 Å². The van der Waals surface area contributed by atoms with Gasteiger partial charge in [0.25, 0.3) is 0 Å². The van der Waals surface area contributed by atoms with Crippen LogP contribution in [-0.4, -0.2) is 25.7 Å². The fourth-order valence-corrected chi connectivity index (χ4v) is 2.16. The predicted molar refractivity (Wildman–Crippen MR) is 85.6 cm³/mol. The maximum Gasteiger partial charge on any atom is 0.306 e. The predicted octanol–water partition coefficient (Wildman–Crippen LogP) is 3.62. The molecule has 1 rings (SSSR count). The number of rotatable bonds is 9. The van der Waals surface area contributed by atoms with Gasteiger partial charge in [0, 0.05) is 22.9 Å². The summed E-state index contributed by atoms with van der Waals surface area (Å²) >= 11 is 3.36. The molecule has 122 valence electrons. The van der Waals surface area contributed by atoms with Crippen molar-refractivity contribution in [3.8, 4) is 5.75 Å². The van der Waals surface area contributed by atoms with Gasteiger partial charge in [-0.2, -0.15) is 0 Å². The number of carbonyl (C=O) groups is 2. The van der Waals surface area contributed by atoms with Crippen molar-refractivity contribution in [2.75, 3.05) is 13.7 Å². The van der Waals surface area contributed by atoms with Crippen molar-refractivity contribution >= 4 is 27.9 Å². The molecule has 0 heterocycles. The Labute approximate surface area is 139 Å². The topological polar surface area (TPSA) is 61.8 Å². The van der Waals surface area contributed by atoms with E-state index in [1.165, 1.54) is 0 Å². The van der Waals surface area contributed by atoms with E-state index in [0.717, 1.165) is 16.5 Å². The lowest BCUT2D eigenvalue weighted by atomic mass is 10.2.